The van der Waals surface area contributed by atoms with Crippen molar-refractivity contribution in [1.29, 1.82) is 0 Å². The van der Waals surface area contributed by atoms with Crippen LogP contribution >= 0.6 is 0 Å². The summed E-state index contributed by atoms with van der Waals surface area (Å²) in [6.45, 7) is 3.38. The average molecular weight is 356 g/mol. The number of nitrogens with zero attached hydrogens (tertiary/aromatic N) is 2. The molecule has 2 aliphatic rings. The molecule has 0 aliphatic carbocycles. The molecule has 1 unspecified atom stereocenters. The molecule has 2 fully saturated rings. The Morgan fingerprint density at radius 2 is 1.92 bits per heavy atom. The number of piperidine rings is 1. The second kappa shape index (κ2) is 7.74. The van der Waals surface area contributed by atoms with E-state index in [1.807, 2.05) is 9.80 Å². The highest BCUT2D eigenvalue weighted by molar-refractivity contribution is 5.81. The third-order valence-corrected chi connectivity index (χ3v) is 4.75. The first kappa shape index (κ1) is 18.2. The van der Waals surface area contributed by atoms with Crippen LogP contribution in [-0.2, 0) is 22.3 Å². The maximum absolute atomic E-state index is 12.8. The summed E-state index contributed by atoms with van der Waals surface area (Å²) in [6, 6.07) is 5.36. The molecule has 0 radical (unpaired) electrons. The van der Waals surface area contributed by atoms with E-state index in [1.54, 1.807) is 6.07 Å². The monoisotopic (exact) mass is 356 g/mol. The van der Waals surface area contributed by atoms with Gasteiger partial charge in [0.1, 0.15) is 6.10 Å². The Labute approximate surface area is 145 Å². The lowest BCUT2D eigenvalue weighted by atomic mass is 10.1. The van der Waals surface area contributed by atoms with Crippen LogP contribution in [0.25, 0.3) is 0 Å². The molecule has 138 valence electrons. The summed E-state index contributed by atoms with van der Waals surface area (Å²) < 4.78 is 44.1. The number of rotatable bonds is 3. The van der Waals surface area contributed by atoms with E-state index < -0.39 is 17.8 Å². The van der Waals surface area contributed by atoms with Gasteiger partial charge in [0.25, 0.3) is 5.91 Å². The summed E-state index contributed by atoms with van der Waals surface area (Å²) in [5, 5.41) is 0. The first-order valence-electron chi connectivity index (χ1n) is 8.72. The predicted octanol–water partition coefficient (Wildman–Crippen LogP) is 2.92. The van der Waals surface area contributed by atoms with Gasteiger partial charge in [0.05, 0.1) is 12.2 Å². The fourth-order valence-electron chi connectivity index (χ4n) is 3.42. The summed E-state index contributed by atoms with van der Waals surface area (Å²) in [5.41, 5.74) is -0.0416. The van der Waals surface area contributed by atoms with Crippen LogP contribution in [0.15, 0.2) is 24.3 Å². The van der Waals surface area contributed by atoms with Gasteiger partial charge in [-0.1, -0.05) is 18.2 Å². The number of hydrogen-bond acceptors (Lipinski definition) is 3. The smallest absolute Gasteiger partial charge is 0.366 e. The van der Waals surface area contributed by atoms with E-state index in [2.05, 4.69) is 0 Å². The predicted molar refractivity (Wildman–Crippen MR) is 86.9 cm³/mol. The summed E-state index contributed by atoms with van der Waals surface area (Å²) >= 11 is 0. The molecule has 1 aromatic carbocycles. The van der Waals surface area contributed by atoms with E-state index in [4.69, 9.17) is 4.74 Å². The Bertz CT molecular complexity index is 600. The Morgan fingerprint density at radius 1 is 1.16 bits per heavy atom. The molecule has 0 spiro atoms. The number of amides is 1. The number of carbonyl (C=O) groups excluding carboxylic acids is 1. The van der Waals surface area contributed by atoms with Crippen molar-refractivity contribution in [2.24, 2.45) is 0 Å². The summed E-state index contributed by atoms with van der Waals surface area (Å²) in [4.78, 5) is 16.4. The van der Waals surface area contributed by atoms with Crippen LogP contribution in [0.4, 0.5) is 13.2 Å². The Morgan fingerprint density at radius 3 is 2.64 bits per heavy atom. The molecule has 25 heavy (non-hydrogen) atoms. The number of benzene rings is 1. The van der Waals surface area contributed by atoms with Gasteiger partial charge in [0.15, 0.2) is 0 Å². The minimum Gasteiger partial charge on any atom is -0.366 e. The van der Waals surface area contributed by atoms with Gasteiger partial charge in [-0.3, -0.25) is 9.69 Å². The van der Waals surface area contributed by atoms with Gasteiger partial charge in [-0.2, -0.15) is 13.2 Å². The molecule has 0 bridgehead atoms. The topological polar surface area (TPSA) is 32.8 Å². The van der Waals surface area contributed by atoms with Crippen LogP contribution < -0.4 is 0 Å². The molecule has 1 amide bonds. The van der Waals surface area contributed by atoms with Gasteiger partial charge < -0.3 is 9.64 Å². The molecule has 1 aromatic rings. The standard InChI is InChI=1S/C18H23F3N2O2/c19-18(20,21)15-6-4-5-14(11-15)12-22-9-10-25-16(13-22)17(24)23-7-2-1-3-8-23/h4-6,11,16H,1-3,7-10,12-13H2. The number of alkyl halides is 3. The van der Waals surface area contributed by atoms with Crippen molar-refractivity contribution in [3.05, 3.63) is 35.4 Å². The van der Waals surface area contributed by atoms with Crippen LogP contribution in [0.3, 0.4) is 0 Å². The van der Waals surface area contributed by atoms with Crippen molar-refractivity contribution >= 4 is 5.91 Å². The molecule has 2 heterocycles. The van der Waals surface area contributed by atoms with E-state index >= 15 is 0 Å². The number of ether oxygens (including phenoxy) is 1. The van der Waals surface area contributed by atoms with Crippen LogP contribution in [0.1, 0.15) is 30.4 Å². The molecule has 0 saturated carbocycles. The Kier molecular flexibility index (Phi) is 5.64. The van der Waals surface area contributed by atoms with Crippen molar-refractivity contribution in [3.8, 4) is 0 Å². The first-order valence-corrected chi connectivity index (χ1v) is 8.72. The second-order valence-electron chi connectivity index (χ2n) is 6.68. The molecule has 1 atom stereocenters. The van der Waals surface area contributed by atoms with Gasteiger partial charge in [-0.05, 0) is 30.9 Å². The Hall–Kier alpha value is -1.60. The van der Waals surface area contributed by atoms with Gasteiger partial charge in [-0.25, -0.2) is 0 Å². The third-order valence-electron chi connectivity index (χ3n) is 4.75. The van der Waals surface area contributed by atoms with Gasteiger partial charge >= 0.3 is 6.18 Å². The highest BCUT2D eigenvalue weighted by Gasteiger charge is 2.32. The van der Waals surface area contributed by atoms with Crippen molar-refractivity contribution in [2.45, 2.75) is 38.1 Å². The van der Waals surface area contributed by atoms with E-state index in [9.17, 15) is 18.0 Å². The normalized spacial score (nSPS) is 22.8. The van der Waals surface area contributed by atoms with Gasteiger partial charge in [0.2, 0.25) is 0 Å². The van der Waals surface area contributed by atoms with Crippen LogP contribution in [0, 0.1) is 0 Å². The largest absolute Gasteiger partial charge is 0.416 e. The first-order chi connectivity index (χ1) is 11.9. The molecule has 2 saturated heterocycles. The number of hydrogen-bond donors (Lipinski definition) is 0. The third kappa shape index (κ3) is 4.73. The fourth-order valence-corrected chi connectivity index (χ4v) is 3.42. The molecular weight excluding hydrogens is 333 g/mol. The lowest BCUT2D eigenvalue weighted by Gasteiger charge is -2.36. The quantitative estimate of drug-likeness (QED) is 0.835. The average Bonchev–Trinajstić information content (AvgIpc) is 2.61. The van der Waals surface area contributed by atoms with E-state index in [0.717, 1.165) is 38.4 Å². The SMILES string of the molecule is O=C(C1CN(Cc2cccc(C(F)(F)F)c2)CCO1)N1CCCCC1. The highest BCUT2D eigenvalue weighted by atomic mass is 19.4. The maximum Gasteiger partial charge on any atom is 0.416 e. The summed E-state index contributed by atoms with van der Waals surface area (Å²) in [6.07, 6.45) is -1.67. The fraction of sp³-hybridized carbons (Fsp3) is 0.611. The molecule has 2 aliphatic heterocycles. The Balaban J connectivity index is 1.61. The lowest BCUT2D eigenvalue weighted by molar-refractivity contribution is -0.150. The van der Waals surface area contributed by atoms with Crippen molar-refractivity contribution < 1.29 is 22.7 Å². The molecule has 3 rings (SSSR count). The zero-order chi connectivity index (χ0) is 17.9. The van der Waals surface area contributed by atoms with Crippen LogP contribution in [0.5, 0.6) is 0 Å². The summed E-state index contributed by atoms with van der Waals surface area (Å²) in [5.74, 6) is 0.00782. The zero-order valence-corrected chi connectivity index (χ0v) is 14.1. The number of halogens is 3. The van der Waals surface area contributed by atoms with E-state index in [0.29, 0.717) is 31.8 Å². The maximum atomic E-state index is 12.8. The molecule has 7 heteroatoms. The molecular formula is C18H23F3N2O2. The number of carbonyl (C=O) groups is 1. The number of morpholine rings is 1. The molecule has 4 nitrogen and oxygen atoms in total. The van der Waals surface area contributed by atoms with Gasteiger partial charge in [0, 0.05) is 32.7 Å². The second-order valence-corrected chi connectivity index (χ2v) is 6.68. The highest BCUT2D eigenvalue weighted by Crippen LogP contribution is 2.30. The van der Waals surface area contributed by atoms with Crippen molar-refractivity contribution in [1.82, 2.24) is 9.80 Å². The summed E-state index contributed by atoms with van der Waals surface area (Å²) in [7, 11) is 0. The van der Waals surface area contributed by atoms with E-state index in [-0.39, 0.29) is 5.91 Å². The van der Waals surface area contributed by atoms with E-state index in [1.165, 1.54) is 12.1 Å². The molecule has 0 N–H and O–H groups in total. The minimum atomic E-state index is -4.34. The van der Waals surface area contributed by atoms with Crippen LogP contribution in [0.2, 0.25) is 0 Å². The van der Waals surface area contributed by atoms with Crippen molar-refractivity contribution in [2.75, 3.05) is 32.8 Å². The lowest BCUT2D eigenvalue weighted by Crippen LogP contribution is -2.51. The van der Waals surface area contributed by atoms with Gasteiger partial charge in [-0.15, -0.1) is 0 Å². The zero-order valence-electron chi connectivity index (χ0n) is 14.1. The minimum absolute atomic E-state index is 0.00782. The van der Waals surface area contributed by atoms with Crippen LogP contribution in [-0.4, -0.2) is 54.6 Å². The molecule has 0 aromatic heterocycles. The number of likely N-dealkylation sites (tertiary alicyclic amines) is 1. The van der Waals surface area contributed by atoms with Crippen molar-refractivity contribution in [3.63, 3.8) is 0 Å².